The zero-order valence-corrected chi connectivity index (χ0v) is 10.2. The fourth-order valence-corrected chi connectivity index (χ4v) is 2.32. The zero-order valence-electron chi connectivity index (χ0n) is 9.34. The number of benzene rings is 1. The SMILES string of the molecule is C.C=CSC1=C(C)c2cc(C)c(F)cc2OC1. The summed E-state index contributed by atoms with van der Waals surface area (Å²) in [6.07, 6.45) is 0. The van der Waals surface area contributed by atoms with E-state index in [4.69, 9.17) is 4.74 Å². The third-order valence-electron chi connectivity index (χ3n) is 2.67. The van der Waals surface area contributed by atoms with Crippen molar-refractivity contribution in [1.29, 1.82) is 0 Å². The lowest BCUT2D eigenvalue weighted by molar-refractivity contribution is 0.351. The molecular weight excluding hydrogens is 235 g/mol. The van der Waals surface area contributed by atoms with Crippen molar-refractivity contribution in [2.75, 3.05) is 6.61 Å². The van der Waals surface area contributed by atoms with Gasteiger partial charge in [0.15, 0.2) is 0 Å². The molecule has 1 aromatic rings. The van der Waals surface area contributed by atoms with Gasteiger partial charge in [-0.1, -0.05) is 25.8 Å². The van der Waals surface area contributed by atoms with Crippen LogP contribution in [0, 0.1) is 12.7 Å². The van der Waals surface area contributed by atoms with Crippen LogP contribution in [0.2, 0.25) is 0 Å². The summed E-state index contributed by atoms with van der Waals surface area (Å²) in [5.74, 6) is 0.417. The molecule has 0 unspecified atom stereocenters. The van der Waals surface area contributed by atoms with Crippen molar-refractivity contribution in [1.82, 2.24) is 0 Å². The normalized spacial score (nSPS) is 13.6. The molecule has 0 saturated carbocycles. The van der Waals surface area contributed by atoms with Crippen LogP contribution in [0.25, 0.3) is 5.57 Å². The van der Waals surface area contributed by atoms with E-state index in [0.29, 0.717) is 17.9 Å². The Balaban J connectivity index is 0.00000144. The van der Waals surface area contributed by atoms with Gasteiger partial charge in [-0.3, -0.25) is 0 Å². The van der Waals surface area contributed by atoms with Gasteiger partial charge in [0.2, 0.25) is 0 Å². The van der Waals surface area contributed by atoms with Crippen LogP contribution in [0.3, 0.4) is 0 Å². The molecule has 0 fully saturated rings. The van der Waals surface area contributed by atoms with E-state index >= 15 is 0 Å². The van der Waals surface area contributed by atoms with Crippen LogP contribution in [0.1, 0.15) is 25.5 Å². The van der Waals surface area contributed by atoms with E-state index in [9.17, 15) is 4.39 Å². The van der Waals surface area contributed by atoms with E-state index in [2.05, 4.69) is 6.58 Å². The van der Waals surface area contributed by atoms with Crippen LogP contribution in [0.4, 0.5) is 4.39 Å². The second kappa shape index (κ2) is 5.41. The number of allylic oxidation sites excluding steroid dienone is 1. The Morgan fingerprint density at radius 3 is 2.76 bits per heavy atom. The Labute approximate surface area is 106 Å². The van der Waals surface area contributed by atoms with Crippen molar-refractivity contribution in [3.8, 4) is 5.75 Å². The van der Waals surface area contributed by atoms with E-state index in [-0.39, 0.29) is 13.2 Å². The molecule has 1 aliphatic rings. The Bertz CT molecular complexity index is 477. The largest absolute Gasteiger partial charge is 0.488 e. The van der Waals surface area contributed by atoms with Crippen LogP contribution in [-0.2, 0) is 0 Å². The first-order chi connectivity index (χ1) is 7.63. The summed E-state index contributed by atoms with van der Waals surface area (Å²) in [7, 11) is 0. The van der Waals surface area contributed by atoms with E-state index in [1.54, 1.807) is 24.1 Å². The summed E-state index contributed by atoms with van der Waals surface area (Å²) >= 11 is 1.56. The lowest BCUT2D eigenvalue weighted by Gasteiger charge is -2.21. The number of halogens is 1. The van der Waals surface area contributed by atoms with Gasteiger partial charge in [0.05, 0.1) is 0 Å². The van der Waals surface area contributed by atoms with Crippen molar-refractivity contribution in [3.05, 3.63) is 46.0 Å². The summed E-state index contributed by atoms with van der Waals surface area (Å²) in [6.45, 7) is 7.98. The second-order valence-electron chi connectivity index (χ2n) is 3.72. The number of hydrogen-bond donors (Lipinski definition) is 0. The molecule has 1 nitrogen and oxygen atoms in total. The number of ether oxygens (including phenoxy) is 1. The minimum atomic E-state index is -0.216. The Morgan fingerprint density at radius 2 is 2.12 bits per heavy atom. The molecule has 1 heterocycles. The van der Waals surface area contributed by atoms with Crippen LogP contribution >= 0.6 is 11.8 Å². The number of aryl methyl sites for hydroxylation is 1. The van der Waals surface area contributed by atoms with Gasteiger partial charge >= 0.3 is 0 Å². The predicted octanol–water partition coefficient (Wildman–Crippen LogP) is 4.77. The lowest BCUT2D eigenvalue weighted by Crippen LogP contribution is -2.09. The van der Waals surface area contributed by atoms with Gasteiger partial charge in [-0.05, 0) is 36.5 Å². The van der Waals surface area contributed by atoms with E-state index in [1.807, 2.05) is 13.0 Å². The van der Waals surface area contributed by atoms with Gasteiger partial charge < -0.3 is 4.74 Å². The molecule has 0 spiro atoms. The first kappa shape index (κ1) is 13.8. The standard InChI is InChI=1S/C13H13FOS.CH4/c1-4-16-13-7-15-12-6-11(14)8(2)5-10(12)9(13)3;/h4-6H,1,7H2,2-3H3;1H4. The molecule has 0 amide bonds. The Hall–Kier alpha value is -1.22. The Morgan fingerprint density at radius 1 is 1.41 bits per heavy atom. The van der Waals surface area contributed by atoms with Crippen molar-refractivity contribution in [2.45, 2.75) is 21.3 Å². The molecule has 2 rings (SSSR count). The monoisotopic (exact) mass is 252 g/mol. The molecule has 0 N–H and O–H groups in total. The maximum absolute atomic E-state index is 13.4. The third-order valence-corrected chi connectivity index (χ3v) is 3.54. The number of hydrogen-bond acceptors (Lipinski definition) is 2. The molecule has 3 heteroatoms. The summed E-state index contributed by atoms with van der Waals surface area (Å²) in [5, 5.41) is 1.78. The summed E-state index contributed by atoms with van der Waals surface area (Å²) in [4.78, 5) is 1.13. The molecule has 0 aromatic heterocycles. The smallest absolute Gasteiger partial charge is 0.130 e. The molecule has 1 aliphatic heterocycles. The average molecular weight is 252 g/mol. The van der Waals surface area contributed by atoms with Crippen LogP contribution in [-0.4, -0.2) is 6.61 Å². The first-order valence-corrected chi connectivity index (χ1v) is 5.92. The summed E-state index contributed by atoms with van der Waals surface area (Å²) in [6, 6.07) is 3.30. The quantitative estimate of drug-likeness (QED) is 0.749. The second-order valence-corrected chi connectivity index (χ2v) is 4.78. The number of rotatable bonds is 2. The van der Waals surface area contributed by atoms with E-state index in [0.717, 1.165) is 16.0 Å². The van der Waals surface area contributed by atoms with E-state index < -0.39 is 0 Å². The highest BCUT2D eigenvalue weighted by Crippen LogP contribution is 2.38. The maximum Gasteiger partial charge on any atom is 0.130 e. The molecule has 92 valence electrons. The van der Waals surface area contributed by atoms with Gasteiger partial charge in [-0.15, -0.1) is 0 Å². The van der Waals surface area contributed by atoms with Crippen LogP contribution in [0.15, 0.2) is 29.0 Å². The highest BCUT2D eigenvalue weighted by molar-refractivity contribution is 8.06. The molecular formula is C14H17FOS. The fourth-order valence-electron chi connectivity index (χ4n) is 1.70. The number of thioether (sulfide) groups is 1. The predicted molar refractivity (Wildman–Crippen MR) is 73.7 cm³/mol. The molecule has 17 heavy (non-hydrogen) atoms. The first-order valence-electron chi connectivity index (χ1n) is 5.04. The van der Waals surface area contributed by atoms with Gasteiger partial charge in [0, 0.05) is 16.5 Å². The van der Waals surface area contributed by atoms with Gasteiger partial charge in [0.25, 0.3) is 0 Å². The fraction of sp³-hybridized carbons (Fsp3) is 0.286. The Kier molecular flexibility index (Phi) is 4.40. The minimum absolute atomic E-state index is 0. The molecule has 0 radical (unpaired) electrons. The molecule has 0 atom stereocenters. The van der Waals surface area contributed by atoms with Crippen molar-refractivity contribution < 1.29 is 9.13 Å². The number of fused-ring (bicyclic) bond motifs is 1. The van der Waals surface area contributed by atoms with Gasteiger partial charge in [-0.2, -0.15) is 0 Å². The molecule has 0 bridgehead atoms. The third kappa shape index (κ3) is 2.55. The molecule has 0 saturated heterocycles. The lowest BCUT2D eigenvalue weighted by atomic mass is 10.0. The summed E-state index contributed by atoms with van der Waals surface area (Å²) in [5.41, 5.74) is 2.77. The van der Waals surface area contributed by atoms with E-state index in [1.165, 1.54) is 6.07 Å². The van der Waals surface area contributed by atoms with Crippen molar-refractivity contribution in [2.24, 2.45) is 0 Å². The zero-order chi connectivity index (χ0) is 11.7. The molecule has 0 aliphatic carbocycles. The average Bonchev–Trinajstić information content (AvgIpc) is 2.26. The van der Waals surface area contributed by atoms with Gasteiger partial charge in [0.1, 0.15) is 18.2 Å². The van der Waals surface area contributed by atoms with Crippen LogP contribution < -0.4 is 4.74 Å². The highest BCUT2D eigenvalue weighted by atomic mass is 32.2. The maximum atomic E-state index is 13.4. The molecule has 1 aromatic carbocycles. The summed E-state index contributed by atoms with van der Waals surface area (Å²) < 4.78 is 18.9. The van der Waals surface area contributed by atoms with Crippen molar-refractivity contribution >= 4 is 17.3 Å². The van der Waals surface area contributed by atoms with Crippen LogP contribution in [0.5, 0.6) is 5.75 Å². The van der Waals surface area contributed by atoms with Gasteiger partial charge in [-0.25, -0.2) is 4.39 Å². The highest BCUT2D eigenvalue weighted by Gasteiger charge is 2.18. The minimum Gasteiger partial charge on any atom is -0.488 e. The van der Waals surface area contributed by atoms with Crippen molar-refractivity contribution in [3.63, 3.8) is 0 Å². The topological polar surface area (TPSA) is 9.23 Å².